The first-order valence-electron chi connectivity index (χ1n) is 10.2. The van der Waals surface area contributed by atoms with Crippen LogP contribution in [0.5, 0.6) is 5.75 Å². The van der Waals surface area contributed by atoms with Gasteiger partial charge >= 0.3 is 0 Å². The van der Waals surface area contributed by atoms with Crippen molar-refractivity contribution in [3.8, 4) is 5.75 Å². The fourth-order valence-corrected chi connectivity index (χ4v) is 4.27. The third-order valence-corrected chi connectivity index (χ3v) is 6.37. The van der Waals surface area contributed by atoms with Crippen LogP contribution in [0, 0.1) is 5.92 Å². The number of rotatable bonds is 6. The lowest BCUT2D eigenvalue weighted by Crippen LogP contribution is -2.32. The molecule has 0 aromatic heterocycles. The molecule has 6 nitrogen and oxygen atoms in total. The third kappa shape index (κ3) is 4.52. The summed E-state index contributed by atoms with van der Waals surface area (Å²) < 4.78 is 6.07. The molecule has 1 saturated heterocycles. The lowest BCUT2D eigenvalue weighted by atomic mass is 10.0. The number of hydrogen-bond donors (Lipinski definition) is 2. The minimum atomic E-state index is -0.608. The molecular weight excluding hydrogens is 448 g/mol. The van der Waals surface area contributed by atoms with Crippen LogP contribution in [0.25, 0.3) is 0 Å². The van der Waals surface area contributed by atoms with Gasteiger partial charge in [-0.3, -0.25) is 9.59 Å². The predicted octanol–water partition coefficient (Wildman–Crippen LogP) is 3.55. The first-order chi connectivity index (χ1) is 14.5. The van der Waals surface area contributed by atoms with Gasteiger partial charge in [0.15, 0.2) is 0 Å². The number of nitrogens with one attached hydrogen (secondary N) is 1. The Morgan fingerprint density at radius 2 is 2.00 bits per heavy atom. The van der Waals surface area contributed by atoms with Gasteiger partial charge in [-0.05, 0) is 77.0 Å². The number of methoxy groups -OCH3 is 1. The van der Waals surface area contributed by atoms with E-state index in [-0.39, 0.29) is 24.4 Å². The number of aliphatic hydroxyl groups excluding tert-OH is 1. The Kier molecular flexibility index (Phi) is 6.11. The lowest BCUT2D eigenvalue weighted by Gasteiger charge is -2.25. The topological polar surface area (TPSA) is 78.9 Å². The van der Waals surface area contributed by atoms with Crippen LogP contribution in [0.1, 0.15) is 51.6 Å². The van der Waals surface area contributed by atoms with Crippen LogP contribution in [-0.4, -0.2) is 48.1 Å². The summed E-state index contributed by atoms with van der Waals surface area (Å²) in [5.41, 5.74) is 1.92. The Balaban J connectivity index is 1.56. The quantitative estimate of drug-likeness (QED) is 0.673. The summed E-state index contributed by atoms with van der Waals surface area (Å²) in [4.78, 5) is 27.4. The second-order valence-corrected chi connectivity index (χ2v) is 8.85. The molecule has 7 heteroatoms. The second-order valence-electron chi connectivity index (χ2n) is 7.99. The van der Waals surface area contributed by atoms with Gasteiger partial charge in [0.2, 0.25) is 0 Å². The summed E-state index contributed by atoms with van der Waals surface area (Å²) in [6.07, 6.45) is 2.19. The van der Waals surface area contributed by atoms with Crippen molar-refractivity contribution in [2.75, 3.05) is 20.2 Å². The molecule has 158 valence electrons. The average Bonchev–Trinajstić information content (AvgIpc) is 3.51. The third-order valence-electron chi connectivity index (χ3n) is 5.72. The fraction of sp³-hybridized carbons (Fsp3) is 0.391. The maximum absolute atomic E-state index is 13.2. The van der Waals surface area contributed by atoms with Gasteiger partial charge in [0.25, 0.3) is 11.8 Å². The minimum Gasteiger partial charge on any atom is -0.496 e. The number of carbonyl (C=O) groups is 2. The van der Waals surface area contributed by atoms with Gasteiger partial charge in [-0.25, -0.2) is 0 Å². The number of benzene rings is 2. The molecule has 2 aromatic carbocycles. The second kappa shape index (κ2) is 8.78. The van der Waals surface area contributed by atoms with E-state index in [1.807, 2.05) is 18.2 Å². The molecule has 2 fully saturated rings. The van der Waals surface area contributed by atoms with Crippen LogP contribution in [0.2, 0.25) is 0 Å². The van der Waals surface area contributed by atoms with E-state index in [4.69, 9.17) is 4.74 Å². The lowest BCUT2D eigenvalue weighted by molar-refractivity contribution is 0.0715. The number of halogens is 1. The van der Waals surface area contributed by atoms with Gasteiger partial charge < -0.3 is 20.1 Å². The zero-order valence-corrected chi connectivity index (χ0v) is 18.4. The Hall–Kier alpha value is -2.38. The van der Waals surface area contributed by atoms with Crippen LogP contribution in [0.3, 0.4) is 0 Å². The number of carbonyl (C=O) groups excluding carboxylic acids is 2. The van der Waals surface area contributed by atoms with Crippen molar-refractivity contribution in [3.63, 3.8) is 0 Å². The number of aliphatic hydroxyl groups is 1. The first-order valence-corrected chi connectivity index (χ1v) is 11.0. The number of likely N-dealkylation sites (tertiary alicyclic amines) is 1. The fourth-order valence-electron chi connectivity index (χ4n) is 3.86. The van der Waals surface area contributed by atoms with Crippen LogP contribution < -0.4 is 10.1 Å². The largest absolute Gasteiger partial charge is 0.496 e. The van der Waals surface area contributed by atoms with Crippen LogP contribution in [0.4, 0.5) is 0 Å². The van der Waals surface area contributed by atoms with Crippen molar-refractivity contribution in [3.05, 3.63) is 63.6 Å². The number of ether oxygens (including phenoxy) is 1. The highest BCUT2D eigenvalue weighted by Gasteiger charge is 2.36. The van der Waals surface area contributed by atoms with Crippen molar-refractivity contribution >= 4 is 27.7 Å². The van der Waals surface area contributed by atoms with Gasteiger partial charge in [0.1, 0.15) is 5.75 Å². The molecule has 1 saturated carbocycles. The molecule has 2 aromatic rings. The van der Waals surface area contributed by atoms with Crippen molar-refractivity contribution < 1.29 is 19.4 Å². The van der Waals surface area contributed by atoms with E-state index in [2.05, 4.69) is 21.2 Å². The van der Waals surface area contributed by atoms with E-state index < -0.39 is 6.10 Å². The highest BCUT2D eigenvalue weighted by atomic mass is 79.9. The molecule has 2 amide bonds. The number of hydrogen-bond acceptors (Lipinski definition) is 4. The summed E-state index contributed by atoms with van der Waals surface area (Å²) in [6, 6.07) is 12.3. The van der Waals surface area contributed by atoms with E-state index in [0.717, 1.165) is 10.0 Å². The predicted molar refractivity (Wildman–Crippen MR) is 117 cm³/mol. The van der Waals surface area contributed by atoms with E-state index in [1.54, 1.807) is 36.3 Å². The van der Waals surface area contributed by atoms with E-state index in [0.29, 0.717) is 35.8 Å². The maximum Gasteiger partial charge on any atom is 0.254 e. The maximum atomic E-state index is 13.2. The molecule has 1 heterocycles. The monoisotopic (exact) mass is 472 g/mol. The smallest absolute Gasteiger partial charge is 0.254 e. The highest BCUT2D eigenvalue weighted by molar-refractivity contribution is 9.10. The molecule has 2 N–H and O–H groups in total. The SMILES string of the molecule is COc1cc(C(=O)N2CC(O)C[C@@H]2c2cccc(C(=O)NCC3CC3)c2)ccc1Br. The average molecular weight is 473 g/mol. The summed E-state index contributed by atoms with van der Waals surface area (Å²) >= 11 is 3.40. The van der Waals surface area contributed by atoms with Gasteiger partial charge in [0.05, 0.1) is 23.7 Å². The molecule has 0 radical (unpaired) electrons. The van der Waals surface area contributed by atoms with Crippen LogP contribution >= 0.6 is 15.9 Å². The summed E-state index contributed by atoms with van der Waals surface area (Å²) in [6.45, 7) is 0.960. The molecule has 1 aliphatic carbocycles. The standard InChI is InChI=1S/C23H25BrN2O4/c1-30-21-10-17(7-8-19(21)24)23(29)26-13-18(27)11-20(26)15-3-2-4-16(9-15)22(28)25-12-14-5-6-14/h2-4,7-10,14,18,20,27H,5-6,11-13H2,1H3,(H,25,28)/t18?,20-/m1/s1. The molecule has 1 unspecified atom stereocenters. The summed E-state index contributed by atoms with van der Waals surface area (Å²) in [7, 11) is 1.55. The zero-order chi connectivity index (χ0) is 21.3. The molecule has 0 spiro atoms. The number of amides is 2. The number of β-amino-alcohol motifs (C(OH)–C–C–N with tert-alkyl or cyclic N) is 1. The van der Waals surface area contributed by atoms with Crippen molar-refractivity contribution in [2.24, 2.45) is 5.92 Å². The van der Waals surface area contributed by atoms with Gasteiger partial charge in [-0.15, -0.1) is 0 Å². The van der Waals surface area contributed by atoms with Gasteiger partial charge in [0, 0.05) is 24.2 Å². The molecule has 2 aliphatic rings. The van der Waals surface area contributed by atoms with Gasteiger partial charge in [-0.2, -0.15) is 0 Å². The molecule has 30 heavy (non-hydrogen) atoms. The van der Waals surface area contributed by atoms with Crippen molar-refractivity contribution in [1.29, 1.82) is 0 Å². The number of nitrogens with zero attached hydrogens (tertiary/aromatic N) is 1. The molecule has 0 bridgehead atoms. The Morgan fingerprint density at radius 3 is 2.73 bits per heavy atom. The molecule has 2 atom stereocenters. The van der Waals surface area contributed by atoms with E-state index in [9.17, 15) is 14.7 Å². The van der Waals surface area contributed by atoms with Crippen molar-refractivity contribution in [2.45, 2.75) is 31.4 Å². The van der Waals surface area contributed by atoms with E-state index >= 15 is 0 Å². The summed E-state index contributed by atoms with van der Waals surface area (Å²) in [5.74, 6) is 0.911. The normalized spacial score (nSPS) is 20.8. The van der Waals surface area contributed by atoms with Crippen LogP contribution in [0.15, 0.2) is 46.9 Å². The highest BCUT2D eigenvalue weighted by Crippen LogP contribution is 2.35. The molecule has 1 aliphatic heterocycles. The molecule has 4 rings (SSSR count). The zero-order valence-electron chi connectivity index (χ0n) is 16.8. The Morgan fingerprint density at radius 1 is 1.20 bits per heavy atom. The summed E-state index contributed by atoms with van der Waals surface area (Å²) in [5, 5.41) is 13.3. The molecular formula is C23H25BrN2O4. The first kappa shape index (κ1) is 20.9. The van der Waals surface area contributed by atoms with Crippen LogP contribution in [-0.2, 0) is 0 Å². The van der Waals surface area contributed by atoms with Crippen molar-refractivity contribution in [1.82, 2.24) is 10.2 Å². The van der Waals surface area contributed by atoms with E-state index in [1.165, 1.54) is 12.8 Å². The minimum absolute atomic E-state index is 0.0992. The Bertz CT molecular complexity index is 960. The van der Waals surface area contributed by atoms with Gasteiger partial charge in [-0.1, -0.05) is 12.1 Å². The Labute approximate surface area is 184 Å².